The molecule has 0 aliphatic carbocycles. The van der Waals surface area contributed by atoms with Gasteiger partial charge in [-0.3, -0.25) is 4.98 Å². The predicted molar refractivity (Wildman–Crippen MR) is 60.4 cm³/mol. The standard InChI is InChI=1S/C11H16N4/c1-11(2,3)15-9-4-5-13-7-8(9)14-10(15)6-12/h4-5,7H,6,12H2,1-3H3. The van der Waals surface area contributed by atoms with E-state index in [0.29, 0.717) is 6.54 Å². The molecule has 2 N–H and O–H groups in total. The first kappa shape index (κ1) is 10.1. The summed E-state index contributed by atoms with van der Waals surface area (Å²) in [6.07, 6.45) is 3.56. The van der Waals surface area contributed by atoms with E-state index < -0.39 is 0 Å². The van der Waals surface area contributed by atoms with E-state index in [0.717, 1.165) is 16.9 Å². The summed E-state index contributed by atoms with van der Waals surface area (Å²) in [5, 5.41) is 0. The van der Waals surface area contributed by atoms with E-state index in [-0.39, 0.29) is 5.54 Å². The third-order valence-electron chi connectivity index (χ3n) is 2.38. The van der Waals surface area contributed by atoms with E-state index in [1.54, 1.807) is 12.4 Å². The number of nitrogens with zero attached hydrogens (tertiary/aromatic N) is 3. The molecule has 4 heteroatoms. The first-order valence-electron chi connectivity index (χ1n) is 5.06. The average Bonchev–Trinajstić information content (AvgIpc) is 2.54. The van der Waals surface area contributed by atoms with Gasteiger partial charge in [0.25, 0.3) is 0 Å². The molecule has 0 aromatic carbocycles. The molecule has 2 heterocycles. The Morgan fingerprint density at radius 2 is 2.13 bits per heavy atom. The third-order valence-corrected chi connectivity index (χ3v) is 2.38. The fourth-order valence-electron chi connectivity index (χ4n) is 1.87. The molecule has 0 spiro atoms. The summed E-state index contributed by atoms with van der Waals surface area (Å²) >= 11 is 0. The van der Waals surface area contributed by atoms with Crippen LogP contribution in [0.1, 0.15) is 26.6 Å². The molecule has 15 heavy (non-hydrogen) atoms. The van der Waals surface area contributed by atoms with Crippen LogP contribution in [0.15, 0.2) is 18.5 Å². The zero-order chi connectivity index (χ0) is 11.1. The Morgan fingerprint density at radius 3 is 2.73 bits per heavy atom. The zero-order valence-electron chi connectivity index (χ0n) is 9.36. The molecule has 80 valence electrons. The van der Waals surface area contributed by atoms with E-state index in [9.17, 15) is 0 Å². The number of hydrogen-bond donors (Lipinski definition) is 1. The first-order valence-corrected chi connectivity index (χ1v) is 5.06. The van der Waals surface area contributed by atoms with E-state index in [1.165, 1.54) is 0 Å². The van der Waals surface area contributed by atoms with Gasteiger partial charge in [0, 0.05) is 11.7 Å². The van der Waals surface area contributed by atoms with Crippen molar-refractivity contribution in [1.29, 1.82) is 0 Å². The SMILES string of the molecule is CC(C)(C)n1c(CN)nc2cnccc21. The van der Waals surface area contributed by atoms with Gasteiger partial charge in [-0.15, -0.1) is 0 Å². The first-order chi connectivity index (χ1) is 7.04. The highest BCUT2D eigenvalue weighted by Crippen LogP contribution is 2.23. The Morgan fingerprint density at radius 1 is 1.40 bits per heavy atom. The van der Waals surface area contributed by atoms with Gasteiger partial charge >= 0.3 is 0 Å². The maximum absolute atomic E-state index is 5.71. The van der Waals surface area contributed by atoms with Crippen molar-refractivity contribution in [3.05, 3.63) is 24.3 Å². The second-order valence-electron chi connectivity index (χ2n) is 4.60. The molecule has 2 aromatic heterocycles. The molecule has 0 saturated carbocycles. The van der Waals surface area contributed by atoms with Gasteiger partial charge in [-0.05, 0) is 26.8 Å². The normalized spacial score (nSPS) is 12.3. The van der Waals surface area contributed by atoms with E-state index in [1.807, 2.05) is 6.07 Å². The molecule has 2 rings (SSSR count). The second kappa shape index (κ2) is 3.31. The van der Waals surface area contributed by atoms with Crippen molar-refractivity contribution in [3.63, 3.8) is 0 Å². The Bertz CT molecular complexity index is 479. The highest BCUT2D eigenvalue weighted by molar-refractivity contribution is 5.75. The number of rotatable bonds is 1. The van der Waals surface area contributed by atoms with Crippen LogP contribution in [0.2, 0.25) is 0 Å². The molecule has 0 unspecified atom stereocenters. The molecule has 0 aliphatic rings. The number of pyridine rings is 1. The van der Waals surface area contributed by atoms with Crippen LogP contribution in [0.5, 0.6) is 0 Å². The molecule has 0 aliphatic heterocycles. The maximum atomic E-state index is 5.71. The van der Waals surface area contributed by atoms with Gasteiger partial charge in [0.2, 0.25) is 0 Å². The Kier molecular flexibility index (Phi) is 2.23. The number of fused-ring (bicyclic) bond motifs is 1. The largest absolute Gasteiger partial charge is 0.324 e. The molecule has 0 atom stereocenters. The highest BCUT2D eigenvalue weighted by atomic mass is 15.1. The minimum atomic E-state index is -0.00912. The second-order valence-corrected chi connectivity index (χ2v) is 4.60. The van der Waals surface area contributed by atoms with E-state index >= 15 is 0 Å². The minimum absolute atomic E-state index is 0.00912. The van der Waals surface area contributed by atoms with Gasteiger partial charge < -0.3 is 10.3 Å². The summed E-state index contributed by atoms with van der Waals surface area (Å²) in [6, 6.07) is 1.98. The van der Waals surface area contributed by atoms with Crippen molar-refractivity contribution in [2.75, 3.05) is 0 Å². The maximum Gasteiger partial charge on any atom is 0.124 e. The van der Waals surface area contributed by atoms with Crippen molar-refractivity contribution in [3.8, 4) is 0 Å². The fourth-order valence-corrected chi connectivity index (χ4v) is 1.87. The topological polar surface area (TPSA) is 56.7 Å². The van der Waals surface area contributed by atoms with Crippen LogP contribution in [0, 0.1) is 0 Å². The highest BCUT2D eigenvalue weighted by Gasteiger charge is 2.20. The van der Waals surface area contributed by atoms with E-state index in [4.69, 9.17) is 5.73 Å². The Balaban J connectivity index is 2.79. The van der Waals surface area contributed by atoms with Crippen molar-refractivity contribution in [2.45, 2.75) is 32.9 Å². The van der Waals surface area contributed by atoms with Crippen molar-refractivity contribution in [2.24, 2.45) is 5.73 Å². The number of hydrogen-bond acceptors (Lipinski definition) is 3. The van der Waals surface area contributed by atoms with E-state index in [2.05, 4.69) is 35.3 Å². The quantitative estimate of drug-likeness (QED) is 0.768. The van der Waals surface area contributed by atoms with Crippen molar-refractivity contribution in [1.82, 2.24) is 14.5 Å². The Labute approximate surface area is 89.1 Å². The van der Waals surface area contributed by atoms with Crippen LogP contribution in [-0.4, -0.2) is 14.5 Å². The molecule has 0 fully saturated rings. The lowest BCUT2D eigenvalue weighted by Gasteiger charge is -2.24. The average molecular weight is 204 g/mol. The smallest absolute Gasteiger partial charge is 0.124 e. The fraction of sp³-hybridized carbons (Fsp3) is 0.455. The summed E-state index contributed by atoms with van der Waals surface area (Å²) in [6.45, 7) is 6.89. The molecular formula is C11H16N4. The number of aromatic nitrogens is 3. The van der Waals surface area contributed by atoms with Crippen LogP contribution >= 0.6 is 0 Å². The Hall–Kier alpha value is -1.42. The van der Waals surface area contributed by atoms with Crippen LogP contribution < -0.4 is 5.73 Å². The van der Waals surface area contributed by atoms with Crippen LogP contribution in [0.25, 0.3) is 11.0 Å². The summed E-state index contributed by atoms with van der Waals surface area (Å²) in [5.74, 6) is 0.908. The zero-order valence-corrected chi connectivity index (χ0v) is 9.36. The molecule has 0 amide bonds. The van der Waals surface area contributed by atoms with Gasteiger partial charge in [-0.25, -0.2) is 4.98 Å². The molecule has 0 saturated heterocycles. The van der Waals surface area contributed by atoms with Crippen LogP contribution in [-0.2, 0) is 12.1 Å². The van der Waals surface area contributed by atoms with Gasteiger partial charge in [0.1, 0.15) is 11.3 Å². The third kappa shape index (κ3) is 1.61. The van der Waals surface area contributed by atoms with Gasteiger partial charge in [-0.2, -0.15) is 0 Å². The van der Waals surface area contributed by atoms with Gasteiger partial charge in [-0.1, -0.05) is 0 Å². The monoisotopic (exact) mass is 204 g/mol. The summed E-state index contributed by atoms with van der Waals surface area (Å²) in [4.78, 5) is 8.54. The number of imidazole rings is 1. The van der Waals surface area contributed by atoms with Crippen LogP contribution in [0.4, 0.5) is 0 Å². The molecule has 4 nitrogen and oxygen atoms in total. The van der Waals surface area contributed by atoms with Crippen molar-refractivity contribution >= 4 is 11.0 Å². The summed E-state index contributed by atoms with van der Waals surface area (Å²) in [5.41, 5.74) is 7.70. The molecular weight excluding hydrogens is 188 g/mol. The molecule has 2 aromatic rings. The molecule has 0 bridgehead atoms. The van der Waals surface area contributed by atoms with Crippen molar-refractivity contribution < 1.29 is 0 Å². The minimum Gasteiger partial charge on any atom is -0.324 e. The summed E-state index contributed by atoms with van der Waals surface area (Å²) < 4.78 is 2.17. The van der Waals surface area contributed by atoms with Gasteiger partial charge in [0.15, 0.2) is 0 Å². The predicted octanol–water partition coefficient (Wildman–Crippen LogP) is 1.65. The number of nitrogens with two attached hydrogens (primary N) is 1. The van der Waals surface area contributed by atoms with Gasteiger partial charge in [0.05, 0.1) is 18.3 Å². The molecule has 0 radical (unpaired) electrons. The lowest BCUT2D eigenvalue weighted by molar-refractivity contribution is 0.394. The summed E-state index contributed by atoms with van der Waals surface area (Å²) in [7, 11) is 0. The lowest BCUT2D eigenvalue weighted by Crippen LogP contribution is -2.25. The lowest BCUT2D eigenvalue weighted by atomic mass is 10.1. The van der Waals surface area contributed by atoms with Crippen LogP contribution in [0.3, 0.4) is 0 Å².